The molecule has 3 heteroatoms. The van der Waals surface area contributed by atoms with E-state index in [1.54, 1.807) is 0 Å². The molecule has 0 N–H and O–H groups in total. The van der Waals surface area contributed by atoms with Crippen LogP contribution >= 0.6 is 15.9 Å². The summed E-state index contributed by atoms with van der Waals surface area (Å²) in [5.74, 6) is -0.518. The van der Waals surface area contributed by atoms with Gasteiger partial charge < -0.3 is 9.47 Å². The van der Waals surface area contributed by atoms with Gasteiger partial charge in [-0.3, -0.25) is 0 Å². The first-order valence-electron chi connectivity index (χ1n) is 5.22. The predicted octanol–water partition coefficient (Wildman–Crippen LogP) is 3.37. The Balaban J connectivity index is 2.38. The lowest BCUT2D eigenvalue weighted by molar-refractivity contribution is -0.167. The van der Waals surface area contributed by atoms with Gasteiger partial charge in [0.1, 0.15) is 0 Å². The van der Waals surface area contributed by atoms with Crippen molar-refractivity contribution in [2.45, 2.75) is 26.1 Å². The number of hydrogen-bond donors (Lipinski definition) is 0. The summed E-state index contributed by atoms with van der Waals surface area (Å²) in [4.78, 5) is 0. The molecule has 15 heavy (non-hydrogen) atoms. The Kier molecular flexibility index (Phi) is 3.14. The summed E-state index contributed by atoms with van der Waals surface area (Å²) in [6, 6.07) is 6.25. The van der Waals surface area contributed by atoms with Crippen LogP contribution in [0.1, 0.15) is 24.5 Å². The quantitative estimate of drug-likeness (QED) is 0.821. The molecule has 1 fully saturated rings. The van der Waals surface area contributed by atoms with E-state index in [0.717, 1.165) is 16.5 Å². The van der Waals surface area contributed by atoms with Crippen LogP contribution in [0.5, 0.6) is 0 Å². The number of benzene rings is 1. The fourth-order valence-corrected chi connectivity index (χ4v) is 2.24. The van der Waals surface area contributed by atoms with Gasteiger partial charge in [-0.1, -0.05) is 35.0 Å². The monoisotopic (exact) mass is 270 g/mol. The molecule has 0 saturated carbocycles. The van der Waals surface area contributed by atoms with Gasteiger partial charge in [-0.05, 0) is 18.6 Å². The first kappa shape index (κ1) is 11.1. The van der Waals surface area contributed by atoms with E-state index in [1.165, 1.54) is 5.56 Å². The minimum Gasteiger partial charge on any atom is -0.343 e. The summed E-state index contributed by atoms with van der Waals surface area (Å²) in [7, 11) is 0. The Bertz CT molecular complexity index is 357. The zero-order valence-corrected chi connectivity index (χ0v) is 10.6. The summed E-state index contributed by atoms with van der Waals surface area (Å²) < 4.78 is 12.6. The average molecular weight is 271 g/mol. The molecule has 0 radical (unpaired) electrons. The Labute approximate surface area is 98.7 Å². The van der Waals surface area contributed by atoms with Crippen LogP contribution in [-0.4, -0.2) is 13.2 Å². The summed E-state index contributed by atoms with van der Waals surface area (Å²) in [5, 5.41) is 0. The minimum atomic E-state index is -0.518. The molecule has 1 saturated heterocycles. The highest BCUT2D eigenvalue weighted by Gasteiger charge is 2.36. The first-order valence-corrected chi connectivity index (χ1v) is 6.02. The molecular formula is C12H15BrO2. The van der Waals surface area contributed by atoms with E-state index in [0.29, 0.717) is 13.2 Å². The van der Waals surface area contributed by atoms with Gasteiger partial charge in [-0.2, -0.15) is 0 Å². The second kappa shape index (κ2) is 4.24. The van der Waals surface area contributed by atoms with Gasteiger partial charge in [0.25, 0.3) is 0 Å². The van der Waals surface area contributed by atoms with Crippen LogP contribution < -0.4 is 0 Å². The number of aryl methyl sites for hydroxylation is 1. The Morgan fingerprint density at radius 3 is 2.53 bits per heavy atom. The average Bonchev–Trinajstić information content (AvgIpc) is 2.72. The second-order valence-corrected chi connectivity index (χ2v) is 4.62. The van der Waals surface area contributed by atoms with Gasteiger partial charge in [0.15, 0.2) is 5.79 Å². The third kappa shape index (κ3) is 1.96. The molecule has 0 aromatic heterocycles. The highest BCUT2D eigenvalue weighted by Crippen LogP contribution is 2.36. The Hall–Kier alpha value is -0.380. The molecule has 0 spiro atoms. The van der Waals surface area contributed by atoms with Gasteiger partial charge in [0.2, 0.25) is 0 Å². The van der Waals surface area contributed by atoms with Crippen molar-refractivity contribution in [1.29, 1.82) is 0 Å². The van der Waals surface area contributed by atoms with Crippen molar-refractivity contribution >= 4 is 15.9 Å². The maximum absolute atomic E-state index is 5.73. The standard InChI is InChI=1S/C12H15BrO2/c1-3-12(14-6-7-15-12)10-5-4-9(2)11(13)8-10/h4-5,8H,3,6-7H2,1-2H3. The molecule has 82 valence electrons. The summed E-state index contributed by atoms with van der Waals surface area (Å²) in [5.41, 5.74) is 2.32. The molecule has 1 aromatic carbocycles. The molecule has 0 bridgehead atoms. The van der Waals surface area contributed by atoms with E-state index in [1.807, 2.05) is 0 Å². The second-order valence-electron chi connectivity index (χ2n) is 3.77. The molecule has 2 nitrogen and oxygen atoms in total. The fraction of sp³-hybridized carbons (Fsp3) is 0.500. The van der Waals surface area contributed by atoms with Crippen LogP contribution in [0.15, 0.2) is 22.7 Å². The summed E-state index contributed by atoms with van der Waals surface area (Å²) >= 11 is 3.54. The number of hydrogen-bond acceptors (Lipinski definition) is 2. The molecule has 1 aliphatic heterocycles. The van der Waals surface area contributed by atoms with Gasteiger partial charge in [-0.15, -0.1) is 0 Å². The molecule has 0 amide bonds. The molecule has 0 unspecified atom stereocenters. The molecule has 1 heterocycles. The van der Waals surface area contributed by atoms with Crippen molar-refractivity contribution in [3.05, 3.63) is 33.8 Å². The lowest BCUT2D eigenvalue weighted by Crippen LogP contribution is -2.25. The van der Waals surface area contributed by atoms with Crippen molar-refractivity contribution in [2.24, 2.45) is 0 Å². The zero-order valence-electron chi connectivity index (χ0n) is 9.05. The van der Waals surface area contributed by atoms with Crippen LogP contribution in [-0.2, 0) is 15.3 Å². The molecule has 2 rings (SSSR count). The Morgan fingerprint density at radius 2 is 2.00 bits per heavy atom. The van der Waals surface area contributed by atoms with Crippen molar-refractivity contribution < 1.29 is 9.47 Å². The lowest BCUT2D eigenvalue weighted by atomic mass is 10.0. The highest BCUT2D eigenvalue weighted by atomic mass is 79.9. The van der Waals surface area contributed by atoms with Crippen LogP contribution in [0.3, 0.4) is 0 Å². The van der Waals surface area contributed by atoms with Gasteiger partial charge in [0, 0.05) is 16.5 Å². The maximum Gasteiger partial charge on any atom is 0.194 e. The third-order valence-electron chi connectivity index (χ3n) is 2.83. The number of halogens is 1. The molecule has 1 aliphatic rings. The van der Waals surface area contributed by atoms with Crippen LogP contribution in [0, 0.1) is 6.92 Å². The highest BCUT2D eigenvalue weighted by molar-refractivity contribution is 9.10. The van der Waals surface area contributed by atoms with E-state index in [-0.39, 0.29) is 0 Å². The van der Waals surface area contributed by atoms with E-state index in [2.05, 4.69) is 48.0 Å². The lowest BCUT2D eigenvalue weighted by Gasteiger charge is -2.26. The molecule has 0 aliphatic carbocycles. The van der Waals surface area contributed by atoms with E-state index >= 15 is 0 Å². The largest absolute Gasteiger partial charge is 0.343 e. The predicted molar refractivity (Wildman–Crippen MR) is 62.8 cm³/mol. The van der Waals surface area contributed by atoms with Gasteiger partial charge in [0.05, 0.1) is 13.2 Å². The van der Waals surface area contributed by atoms with Gasteiger partial charge >= 0.3 is 0 Å². The van der Waals surface area contributed by atoms with Crippen molar-refractivity contribution in [3.63, 3.8) is 0 Å². The van der Waals surface area contributed by atoms with Crippen molar-refractivity contribution in [3.8, 4) is 0 Å². The summed E-state index contributed by atoms with van der Waals surface area (Å²) in [6.07, 6.45) is 0.836. The molecule has 0 atom stereocenters. The minimum absolute atomic E-state index is 0.518. The summed E-state index contributed by atoms with van der Waals surface area (Å²) in [6.45, 7) is 5.51. The van der Waals surface area contributed by atoms with Crippen LogP contribution in [0.4, 0.5) is 0 Å². The van der Waals surface area contributed by atoms with Crippen LogP contribution in [0.2, 0.25) is 0 Å². The topological polar surface area (TPSA) is 18.5 Å². The van der Waals surface area contributed by atoms with E-state index < -0.39 is 5.79 Å². The number of rotatable bonds is 2. The maximum atomic E-state index is 5.73. The first-order chi connectivity index (χ1) is 7.18. The Morgan fingerprint density at radius 1 is 1.33 bits per heavy atom. The van der Waals surface area contributed by atoms with Crippen molar-refractivity contribution in [1.82, 2.24) is 0 Å². The van der Waals surface area contributed by atoms with Gasteiger partial charge in [-0.25, -0.2) is 0 Å². The van der Waals surface area contributed by atoms with E-state index in [9.17, 15) is 0 Å². The van der Waals surface area contributed by atoms with Crippen molar-refractivity contribution in [2.75, 3.05) is 13.2 Å². The molecule has 1 aromatic rings. The smallest absolute Gasteiger partial charge is 0.194 e. The zero-order chi connectivity index (χ0) is 10.9. The normalized spacial score (nSPS) is 19.4. The SMILES string of the molecule is CCC1(c2ccc(C)c(Br)c2)OCCO1. The van der Waals surface area contributed by atoms with Crippen LogP contribution in [0.25, 0.3) is 0 Å². The third-order valence-corrected chi connectivity index (χ3v) is 3.69. The fourth-order valence-electron chi connectivity index (χ4n) is 1.86. The van der Waals surface area contributed by atoms with E-state index in [4.69, 9.17) is 9.47 Å². The molecular weight excluding hydrogens is 256 g/mol. The number of ether oxygens (including phenoxy) is 2.